The molecule has 0 aromatic carbocycles. The Morgan fingerprint density at radius 3 is 2.88 bits per heavy atom. The van der Waals surface area contributed by atoms with Crippen LogP contribution in [0.25, 0.3) is 0 Å². The van der Waals surface area contributed by atoms with Gasteiger partial charge in [-0.15, -0.1) is 0 Å². The fourth-order valence-electron chi connectivity index (χ4n) is 1.68. The lowest BCUT2D eigenvalue weighted by Crippen LogP contribution is -2.29. The van der Waals surface area contributed by atoms with E-state index in [1.54, 1.807) is 0 Å². The molecule has 0 fully saturated rings. The third-order valence-corrected chi connectivity index (χ3v) is 2.53. The van der Waals surface area contributed by atoms with Gasteiger partial charge in [-0.2, -0.15) is 0 Å². The summed E-state index contributed by atoms with van der Waals surface area (Å²) in [4.78, 5) is 4.41. The van der Waals surface area contributed by atoms with Crippen LogP contribution in [0.5, 0.6) is 0 Å². The summed E-state index contributed by atoms with van der Waals surface area (Å²) in [5.74, 6) is 1.07. The van der Waals surface area contributed by atoms with E-state index in [-0.39, 0.29) is 6.04 Å². The van der Waals surface area contributed by atoms with Crippen molar-refractivity contribution in [3.05, 3.63) is 18.2 Å². The van der Waals surface area contributed by atoms with Gasteiger partial charge in [0.05, 0.1) is 12.6 Å². The molecule has 1 aromatic heterocycles. The molecule has 92 valence electrons. The van der Waals surface area contributed by atoms with Gasteiger partial charge in [0.25, 0.3) is 0 Å². The molecule has 1 heterocycles. The molecule has 1 unspecified atom stereocenters. The smallest absolute Gasteiger partial charge is 0.128 e. The Hall–Kier alpha value is -0.870. The van der Waals surface area contributed by atoms with Crippen molar-refractivity contribution in [2.75, 3.05) is 19.8 Å². The summed E-state index contributed by atoms with van der Waals surface area (Å²) < 4.78 is 7.66. The van der Waals surface area contributed by atoms with Crippen LogP contribution in [0.3, 0.4) is 0 Å². The van der Waals surface area contributed by atoms with Crippen molar-refractivity contribution in [2.45, 2.75) is 39.8 Å². The maximum Gasteiger partial charge on any atom is 0.128 e. The fourth-order valence-corrected chi connectivity index (χ4v) is 1.68. The maximum atomic E-state index is 5.50. The minimum absolute atomic E-state index is 0.204. The van der Waals surface area contributed by atoms with Gasteiger partial charge in [0, 0.05) is 25.5 Å². The largest absolute Gasteiger partial charge is 0.380 e. The fraction of sp³-hybridized carbons (Fsp3) is 0.750. The molecule has 0 aliphatic carbocycles. The van der Waals surface area contributed by atoms with Gasteiger partial charge in [0.1, 0.15) is 5.82 Å². The van der Waals surface area contributed by atoms with Gasteiger partial charge < -0.3 is 14.6 Å². The van der Waals surface area contributed by atoms with Gasteiger partial charge in [0.15, 0.2) is 0 Å². The number of hydrogen-bond acceptors (Lipinski definition) is 3. The molecule has 1 aromatic rings. The van der Waals surface area contributed by atoms with Crippen LogP contribution in [0.2, 0.25) is 0 Å². The molecule has 0 saturated carbocycles. The second-order valence-electron chi connectivity index (χ2n) is 3.74. The van der Waals surface area contributed by atoms with Crippen LogP contribution in [0.15, 0.2) is 12.4 Å². The molecule has 0 bridgehead atoms. The van der Waals surface area contributed by atoms with Crippen molar-refractivity contribution in [1.82, 2.24) is 14.9 Å². The van der Waals surface area contributed by atoms with Gasteiger partial charge in [-0.05, 0) is 26.8 Å². The third kappa shape index (κ3) is 3.61. The van der Waals surface area contributed by atoms with E-state index in [0.717, 1.165) is 31.9 Å². The maximum absolute atomic E-state index is 5.50. The Morgan fingerprint density at radius 2 is 2.25 bits per heavy atom. The summed E-state index contributed by atoms with van der Waals surface area (Å²) in [6, 6.07) is 0.204. The van der Waals surface area contributed by atoms with Gasteiger partial charge in [0.2, 0.25) is 0 Å². The van der Waals surface area contributed by atoms with E-state index in [0.29, 0.717) is 6.61 Å². The topological polar surface area (TPSA) is 39.1 Å². The Labute approximate surface area is 98.0 Å². The normalized spacial score (nSPS) is 12.9. The van der Waals surface area contributed by atoms with Crippen molar-refractivity contribution < 1.29 is 4.74 Å². The minimum atomic E-state index is 0.204. The lowest BCUT2D eigenvalue weighted by Gasteiger charge is -2.18. The molecule has 0 aliphatic heterocycles. The standard InChI is InChI=1S/C12H23N3O/c1-4-7-13-11(10-16-6-3)12-14-8-9-15(12)5-2/h8-9,11,13H,4-7,10H2,1-3H3. The minimum Gasteiger partial charge on any atom is -0.380 e. The molecule has 0 amide bonds. The molecule has 4 nitrogen and oxygen atoms in total. The summed E-state index contributed by atoms with van der Waals surface area (Å²) in [6.07, 6.45) is 4.99. The quantitative estimate of drug-likeness (QED) is 0.735. The Kier molecular flexibility index (Phi) is 6.11. The molecular weight excluding hydrogens is 202 g/mol. The first-order chi connectivity index (χ1) is 7.83. The zero-order valence-corrected chi connectivity index (χ0v) is 10.6. The summed E-state index contributed by atoms with van der Waals surface area (Å²) >= 11 is 0. The lowest BCUT2D eigenvalue weighted by molar-refractivity contribution is 0.119. The van der Waals surface area contributed by atoms with Crippen molar-refractivity contribution in [3.63, 3.8) is 0 Å². The highest BCUT2D eigenvalue weighted by molar-refractivity contribution is 4.99. The second kappa shape index (κ2) is 7.41. The van der Waals surface area contributed by atoms with E-state index in [4.69, 9.17) is 4.74 Å². The Balaban J connectivity index is 2.66. The van der Waals surface area contributed by atoms with Crippen LogP contribution in [-0.4, -0.2) is 29.3 Å². The number of ether oxygens (including phenoxy) is 1. The average molecular weight is 225 g/mol. The monoisotopic (exact) mass is 225 g/mol. The number of aromatic nitrogens is 2. The van der Waals surface area contributed by atoms with Crippen molar-refractivity contribution in [1.29, 1.82) is 0 Å². The summed E-state index contributed by atoms with van der Waals surface area (Å²) in [5.41, 5.74) is 0. The second-order valence-corrected chi connectivity index (χ2v) is 3.74. The van der Waals surface area contributed by atoms with Crippen molar-refractivity contribution in [3.8, 4) is 0 Å². The summed E-state index contributed by atoms with van der Waals surface area (Å²) in [7, 11) is 0. The van der Waals surface area contributed by atoms with Crippen molar-refractivity contribution >= 4 is 0 Å². The zero-order valence-electron chi connectivity index (χ0n) is 10.6. The van der Waals surface area contributed by atoms with Gasteiger partial charge in [-0.3, -0.25) is 0 Å². The predicted octanol–water partition coefficient (Wildman–Crippen LogP) is 1.98. The number of nitrogens with one attached hydrogen (secondary N) is 1. The van der Waals surface area contributed by atoms with E-state index in [9.17, 15) is 0 Å². The van der Waals surface area contributed by atoms with Crippen LogP contribution in [0.1, 0.15) is 39.1 Å². The SMILES string of the molecule is CCCNC(COCC)c1nccn1CC. The lowest BCUT2D eigenvalue weighted by atomic mass is 10.2. The zero-order chi connectivity index (χ0) is 11.8. The molecule has 16 heavy (non-hydrogen) atoms. The number of nitrogens with zero attached hydrogens (tertiary/aromatic N) is 2. The van der Waals surface area contributed by atoms with Crippen LogP contribution in [-0.2, 0) is 11.3 Å². The number of hydrogen-bond donors (Lipinski definition) is 1. The van der Waals surface area contributed by atoms with E-state index in [1.165, 1.54) is 0 Å². The summed E-state index contributed by atoms with van der Waals surface area (Å²) in [6.45, 7) is 9.69. The van der Waals surface area contributed by atoms with Crippen LogP contribution in [0, 0.1) is 0 Å². The van der Waals surface area contributed by atoms with E-state index < -0.39 is 0 Å². The highest BCUT2D eigenvalue weighted by Gasteiger charge is 2.15. The van der Waals surface area contributed by atoms with Gasteiger partial charge in [-0.1, -0.05) is 6.92 Å². The molecule has 4 heteroatoms. The number of aryl methyl sites for hydroxylation is 1. The molecule has 1 atom stereocenters. The molecular formula is C12H23N3O. The van der Waals surface area contributed by atoms with Gasteiger partial charge >= 0.3 is 0 Å². The van der Waals surface area contributed by atoms with E-state index >= 15 is 0 Å². The molecule has 0 saturated heterocycles. The van der Waals surface area contributed by atoms with Gasteiger partial charge in [-0.25, -0.2) is 4.98 Å². The molecule has 0 radical (unpaired) electrons. The van der Waals surface area contributed by atoms with Crippen LogP contribution >= 0.6 is 0 Å². The first-order valence-electron chi connectivity index (χ1n) is 6.15. The Morgan fingerprint density at radius 1 is 1.44 bits per heavy atom. The first kappa shape index (κ1) is 13.2. The average Bonchev–Trinajstić information content (AvgIpc) is 2.77. The highest BCUT2D eigenvalue weighted by atomic mass is 16.5. The molecule has 1 rings (SSSR count). The molecule has 1 N–H and O–H groups in total. The van der Waals surface area contributed by atoms with E-state index in [2.05, 4.69) is 28.7 Å². The Bertz CT molecular complexity index is 278. The molecule has 0 spiro atoms. The molecule has 0 aliphatic rings. The van der Waals surface area contributed by atoms with Crippen LogP contribution in [0.4, 0.5) is 0 Å². The summed E-state index contributed by atoms with van der Waals surface area (Å²) in [5, 5.41) is 3.47. The number of imidazole rings is 1. The first-order valence-corrected chi connectivity index (χ1v) is 6.15. The third-order valence-electron chi connectivity index (χ3n) is 2.53. The van der Waals surface area contributed by atoms with Crippen LogP contribution < -0.4 is 5.32 Å². The van der Waals surface area contributed by atoms with E-state index in [1.807, 2.05) is 19.3 Å². The highest BCUT2D eigenvalue weighted by Crippen LogP contribution is 2.11. The number of rotatable bonds is 8. The predicted molar refractivity (Wildman–Crippen MR) is 65.4 cm³/mol. The van der Waals surface area contributed by atoms with Crippen molar-refractivity contribution in [2.24, 2.45) is 0 Å².